The zero-order chi connectivity index (χ0) is 14.1. The lowest BCUT2D eigenvalue weighted by molar-refractivity contribution is 0.0574. The van der Waals surface area contributed by atoms with Crippen molar-refractivity contribution in [3.63, 3.8) is 0 Å². The molecule has 0 spiro atoms. The largest absolute Gasteiger partial charge is 0.312 e. The van der Waals surface area contributed by atoms with E-state index in [0.717, 1.165) is 6.54 Å². The van der Waals surface area contributed by atoms with E-state index in [2.05, 4.69) is 37.9 Å². The zero-order valence-corrected chi connectivity index (χ0v) is 13.8. The van der Waals surface area contributed by atoms with Gasteiger partial charge in [-0.3, -0.25) is 4.90 Å². The molecular weight excluding hydrogens is 232 g/mol. The molecule has 1 aliphatic rings. The number of likely N-dealkylation sites (tertiary alicyclic amines) is 1. The van der Waals surface area contributed by atoms with E-state index in [1.54, 1.807) is 0 Å². The van der Waals surface area contributed by atoms with Crippen molar-refractivity contribution in [2.75, 3.05) is 19.6 Å². The van der Waals surface area contributed by atoms with Crippen LogP contribution in [-0.2, 0) is 0 Å². The van der Waals surface area contributed by atoms with Gasteiger partial charge in [-0.1, -0.05) is 39.5 Å². The minimum Gasteiger partial charge on any atom is -0.312 e. The first-order valence-corrected chi connectivity index (χ1v) is 8.61. The quantitative estimate of drug-likeness (QED) is 0.631. The summed E-state index contributed by atoms with van der Waals surface area (Å²) < 4.78 is 0. The average Bonchev–Trinajstić information content (AvgIpc) is 2.43. The van der Waals surface area contributed by atoms with Gasteiger partial charge in [-0.15, -0.1) is 0 Å². The van der Waals surface area contributed by atoms with Crippen LogP contribution >= 0.6 is 0 Å². The van der Waals surface area contributed by atoms with E-state index in [1.165, 1.54) is 64.5 Å². The molecular formula is C17H36N2. The van der Waals surface area contributed by atoms with Crippen molar-refractivity contribution in [1.82, 2.24) is 10.2 Å². The Morgan fingerprint density at radius 2 is 1.68 bits per heavy atom. The van der Waals surface area contributed by atoms with E-state index in [0.29, 0.717) is 11.6 Å². The smallest absolute Gasteiger partial charge is 0.0306 e. The highest BCUT2D eigenvalue weighted by molar-refractivity contribution is 4.94. The number of piperidine rings is 1. The summed E-state index contributed by atoms with van der Waals surface area (Å²) in [6.45, 7) is 13.2. The Bertz CT molecular complexity index is 219. The first kappa shape index (κ1) is 17.0. The second-order valence-corrected chi connectivity index (χ2v) is 6.70. The van der Waals surface area contributed by atoms with Crippen molar-refractivity contribution in [3.8, 4) is 0 Å². The summed E-state index contributed by atoms with van der Waals surface area (Å²) >= 11 is 0. The fourth-order valence-electron chi connectivity index (χ4n) is 3.31. The van der Waals surface area contributed by atoms with Crippen molar-refractivity contribution in [3.05, 3.63) is 0 Å². The van der Waals surface area contributed by atoms with Gasteiger partial charge in [0.1, 0.15) is 0 Å². The molecule has 1 fully saturated rings. The van der Waals surface area contributed by atoms with Crippen molar-refractivity contribution < 1.29 is 0 Å². The highest BCUT2D eigenvalue weighted by Crippen LogP contribution is 2.26. The fraction of sp³-hybridized carbons (Fsp3) is 1.00. The van der Waals surface area contributed by atoms with Gasteiger partial charge < -0.3 is 5.32 Å². The van der Waals surface area contributed by atoms with Crippen LogP contribution in [-0.4, -0.2) is 36.1 Å². The highest BCUT2D eigenvalue weighted by Gasteiger charge is 2.35. The molecule has 19 heavy (non-hydrogen) atoms. The van der Waals surface area contributed by atoms with Crippen LogP contribution in [0.15, 0.2) is 0 Å². The Morgan fingerprint density at radius 3 is 2.26 bits per heavy atom. The second kappa shape index (κ2) is 8.97. The molecule has 2 nitrogen and oxygen atoms in total. The molecule has 1 saturated heterocycles. The van der Waals surface area contributed by atoms with E-state index in [4.69, 9.17) is 0 Å². The SMILES string of the molecule is CCCCCC(NCCC)C(C)(C)N1CCCCC1. The van der Waals surface area contributed by atoms with Gasteiger partial charge in [-0.05, 0) is 59.2 Å². The second-order valence-electron chi connectivity index (χ2n) is 6.70. The fourth-order valence-corrected chi connectivity index (χ4v) is 3.31. The van der Waals surface area contributed by atoms with Crippen LogP contribution in [0.1, 0.15) is 79.1 Å². The first-order chi connectivity index (χ1) is 9.12. The number of nitrogens with one attached hydrogen (secondary N) is 1. The highest BCUT2D eigenvalue weighted by atomic mass is 15.2. The van der Waals surface area contributed by atoms with E-state index in [9.17, 15) is 0 Å². The Morgan fingerprint density at radius 1 is 1.00 bits per heavy atom. The maximum atomic E-state index is 3.82. The third-order valence-corrected chi connectivity index (χ3v) is 4.76. The van der Waals surface area contributed by atoms with Crippen molar-refractivity contribution in [1.29, 1.82) is 0 Å². The summed E-state index contributed by atoms with van der Waals surface area (Å²) in [7, 11) is 0. The van der Waals surface area contributed by atoms with Crippen molar-refractivity contribution in [2.45, 2.75) is 90.6 Å². The van der Waals surface area contributed by atoms with Gasteiger partial charge in [-0.25, -0.2) is 0 Å². The lowest BCUT2D eigenvalue weighted by Gasteiger charge is -2.46. The van der Waals surface area contributed by atoms with E-state index in [1.807, 2.05) is 0 Å². The molecule has 1 atom stereocenters. The molecule has 0 aromatic carbocycles. The molecule has 0 saturated carbocycles. The van der Waals surface area contributed by atoms with Crippen LogP contribution in [0.5, 0.6) is 0 Å². The van der Waals surface area contributed by atoms with E-state index < -0.39 is 0 Å². The topological polar surface area (TPSA) is 15.3 Å². The molecule has 2 heteroatoms. The molecule has 1 aliphatic heterocycles. The molecule has 1 unspecified atom stereocenters. The van der Waals surface area contributed by atoms with Crippen LogP contribution in [0.2, 0.25) is 0 Å². The molecule has 0 aliphatic carbocycles. The molecule has 1 heterocycles. The summed E-state index contributed by atoms with van der Waals surface area (Å²) in [5.41, 5.74) is 0.309. The molecule has 0 radical (unpaired) electrons. The molecule has 0 aromatic heterocycles. The van der Waals surface area contributed by atoms with Crippen LogP contribution in [0.4, 0.5) is 0 Å². The van der Waals surface area contributed by atoms with Gasteiger partial charge in [0.2, 0.25) is 0 Å². The minimum absolute atomic E-state index is 0.309. The molecule has 0 bridgehead atoms. The van der Waals surface area contributed by atoms with Gasteiger partial charge in [0, 0.05) is 11.6 Å². The van der Waals surface area contributed by atoms with Gasteiger partial charge in [0.05, 0.1) is 0 Å². The van der Waals surface area contributed by atoms with Crippen LogP contribution in [0, 0.1) is 0 Å². The summed E-state index contributed by atoms with van der Waals surface area (Å²) in [6, 6.07) is 0.650. The minimum atomic E-state index is 0.309. The summed E-state index contributed by atoms with van der Waals surface area (Å²) in [5.74, 6) is 0. The van der Waals surface area contributed by atoms with Gasteiger partial charge in [-0.2, -0.15) is 0 Å². The monoisotopic (exact) mass is 268 g/mol. The lowest BCUT2D eigenvalue weighted by Crippen LogP contribution is -2.59. The van der Waals surface area contributed by atoms with Crippen molar-refractivity contribution >= 4 is 0 Å². The van der Waals surface area contributed by atoms with E-state index >= 15 is 0 Å². The van der Waals surface area contributed by atoms with Gasteiger partial charge >= 0.3 is 0 Å². The van der Waals surface area contributed by atoms with Crippen LogP contribution in [0.3, 0.4) is 0 Å². The number of rotatable bonds is 9. The molecule has 0 aromatic rings. The Labute approximate surface area is 121 Å². The molecule has 1 N–H and O–H groups in total. The third kappa shape index (κ3) is 5.43. The first-order valence-electron chi connectivity index (χ1n) is 8.61. The van der Waals surface area contributed by atoms with Crippen LogP contribution in [0.25, 0.3) is 0 Å². The molecule has 0 amide bonds. The maximum Gasteiger partial charge on any atom is 0.0306 e. The summed E-state index contributed by atoms with van der Waals surface area (Å²) in [6.07, 6.45) is 10.8. The van der Waals surface area contributed by atoms with Gasteiger partial charge in [0.25, 0.3) is 0 Å². The average molecular weight is 268 g/mol. The Balaban J connectivity index is 2.57. The maximum absolute atomic E-state index is 3.82. The van der Waals surface area contributed by atoms with Crippen LogP contribution < -0.4 is 5.32 Å². The standard InChI is InChI=1S/C17H36N2/c1-5-7-9-12-16(18-13-6-2)17(3,4)19-14-10-8-11-15-19/h16,18H,5-15H2,1-4H3. The van der Waals surface area contributed by atoms with E-state index in [-0.39, 0.29) is 0 Å². The molecule has 114 valence electrons. The van der Waals surface area contributed by atoms with Crippen molar-refractivity contribution in [2.24, 2.45) is 0 Å². The number of nitrogens with zero attached hydrogens (tertiary/aromatic N) is 1. The predicted octanol–water partition coefficient (Wildman–Crippen LogP) is 4.20. The third-order valence-electron chi connectivity index (χ3n) is 4.76. The Kier molecular flexibility index (Phi) is 8.01. The Hall–Kier alpha value is -0.0800. The zero-order valence-electron chi connectivity index (χ0n) is 13.8. The number of hydrogen-bond donors (Lipinski definition) is 1. The predicted molar refractivity (Wildman–Crippen MR) is 85.7 cm³/mol. The lowest BCUT2D eigenvalue weighted by atomic mass is 9.86. The number of unbranched alkanes of at least 4 members (excludes halogenated alkanes) is 2. The molecule has 1 rings (SSSR count). The summed E-state index contributed by atoms with van der Waals surface area (Å²) in [5, 5.41) is 3.82. The number of hydrogen-bond acceptors (Lipinski definition) is 2. The normalized spacial score (nSPS) is 19.6. The van der Waals surface area contributed by atoms with Gasteiger partial charge in [0.15, 0.2) is 0 Å². The summed E-state index contributed by atoms with van der Waals surface area (Å²) in [4.78, 5) is 2.73.